The summed E-state index contributed by atoms with van der Waals surface area (Å²) in [7, 11) is 1.70. The van der Waals surface area contributed by atoms with Crippen molar-refractivity contribution in [2.75, 3.05) is 7.11 Å². The minimum atomic E-state index is 0. The van der Waals surface area contributed by atoms with Crippen LogP contribution in [0.25, 0.3) is 0 Å². The quantitative estimate of drug-likeness (QED) is 0.441. The Balaban J connectivity index is 0.00000280. The van der Waals surface area contributed by atoms with E-state index >= 15 is 0 Å². The number of rotatable bonds is 8. The summed E-state index contributed by atoms with van der Waals surface area (Å²) in [5.74, 6) is 1.79. The van der Waals surface area contributed by atoms with Crippen molar-refractivity contribution >= 4 is 28.3 Å². The van der Waals surface area contributed by atoms with Gasteiger partial charge in [-0.1, -0.05) is 64.0 Å². The maximum absolute atomic E-state index is 6.08. The molecule has 3 aromatic rings. The monoisotopic (exact) mass is 461 g/mol. The van der Waals surface area contributed by atoms with E-state index in [2.05, 4.69) is 64.6 Å². The number of aryl methyl sites for hydroxylation is 1. The highest BCUT2D eigenvalue weighted by Gasteiger charge is 2.07. The Morgan fingerprint density at radius 2 is 1.57 bits per heavy atom. The summed E-state index contributed by atoms with van der Waals surface area (Å²) < 4.78 is 12.5. The van der Waals surface area contributed by atoms with Gasteiger partial charge in [-0.05, 0) is 36.8 Å². The standard InChI is InChI=1S/C23H24BrNO2.ClH/c1-17-7-9-18(10-8-17)16-27-23-12-11-21(24)13-20(23)15-25-14-19-5-3-4-6-22(19)26-2;/h3-13,25H,14-16H2,1-2H3;1H. The molecule has 0 bridgehead atoms. The number of benzene rings is 3. The first kappa shape index (κ1) is 22.3. The predicted molar refractivity (Wildman–Crippen MR) is 120 cm³/mol. The molecule has 0 unspecified atom stereocenters. The maximum Gasteiger partial charge on any atom is 0.124 e. The number of ether oxygens (including phenoxy) is 2. The van der Waals surface area contributed by atoms with E-state index in [1.54, 1.807) is 7.11 Å². The molecule has 0 saturated heterocycles. The van der Waals surface area contributed by atoms with Crippen molar-refractivity contribution in [1.82, 2.24) is 5.32 Å². The van der Waals surface area contributed by atoms with Gasteiger partial charge < -0.3 is 14.8 Å². The van der Waals surface area contributed by atoms with Gasteiger partial charge in [-0.2, -0.15) is 0 Å². The van der Waals surface area contributed by atoms with Crippen LogP contribution in [0.1, 0.15) is 22.3 Å². The van der Waals surface area contributed by atoms with Crippen molar-refractivity contribution in [3.8, 4) is 11.5 Å². The van der Waals surface area contributed by atoms with Crippen LogP contribution in [0.15, 0.2) is 71.2 Å². The van der Waals surface area contributed by atoms with Gasteiger partial charge >= 0.3 is 0 Å². The summed E-state index contributed by atoms with van der Waals surface area (Å²) in [6, 6.07) is 22.6. The van der Waals surface area contributed by atoms with Crippen molar-refractivity contribution in [3.05, 3.63) is 93.5 Å². The average molecular weight is 463 g/mol. The lowest BCUT2D eigenvalue weighted by Gasteiger charge is -2.14. The summed E-state index contributed by atoms with van der Waals surface area (Å²) >= 11 is 3.56. The zero-order valence-electron chi connectivity index (χ0n) is 16.1. The molecule has 0 aromatic heterocycles. The largest absolute Gasteiger partial charge is 0.496 e. The third kappa shape index (κ3) is 6.26. The van der Waals surface area contributed by atoms with Crippen LogP contribution >= 0.6 is 28.3 Å². The molecule has 5 heteroatoms. The first-order chi connectivity index (χ1) is 13.2. The molecule has 0 atom stereocenters. The normalized spacial score (nSPS) is 10.2. The second-order valence-corrected chi connectivity index (χ2v) is 7.36. The van der Waals surface area contributed by atoms with Gasteiger partial charge in [0.1, 0.15) is 18.1 Å². The van der Waals surface area contributed by atoms with Crippen LogP contribution in [0.2, 0.25) is 0 Å². The van der Waals surface area contributed by atoms with Crippen molar-refractivity contribution in [2.45, 2.75) is 26.6 Å². The van der Waals surface area contributed by atoms with E-state index in [0.717, 1.165) is 39.2 Å². The van der Waals surface area contributed by atoms with Crippen molar-refractivity contribution < 1.29 is 9.47 Å². The molecule has 0 fully saturated rings. The van der Waals surface area contributed by atoms with E-state index in [9.17, 15) is 0 Å². The highest BCUT2D eigenvalue weighted by molar-refractivity contribution is 9.10. The molecule has 3 rings (SSSR count). The lowest BCUT2D eigenvalue weighted by atomic mass is 10.1. The lowest BCUT2D eigenvalue weighted by molar-refractivity contribution is 0.302. The van der Waals surface area contributed by atoms with Crippen molar-refractivity contribution in [3.63, 3.8) is 0 Å². The molecule has 148 valence electrons. The lowest BCUT2D eigenvalue weighted by Crippen LogP contribution is -2.14. The van der Waals surface area contributed by atoms with Gasteiger partial charge in [0.2, 0.25) is 0 Å². The van der Waals surface area contributed by atoms with Gasteiger partial charge in [0.05, 0.1) is 7.11 Å². The molecule has 1 N–H and O–H groups in total. The van der Waals surface area contributed by atoms with E-state index in [1.807, 2.05) is 30.3 Å². The highest BCUT2D eigenvalue weighted by atomic mass is 79.9. The SMILES string of the molecule is COc1ccccc1CNCc1cc(Br)ccc1OCc1ccc(C)cc1.Cl. The fourth-order valence-corrected chi connectivity index (χ4v) is 3.26. The molecule has 3 aromatic carbocycles. The summed E-state index contributed by atoms with van der Waals surface area (Å²) in [6.07, 6.45) is 0. The number of halogens is 2. The molecule has 28 heavy (non-hydrogen) atoms. The second kappa shape index (κ2) is 11.1. The number of hydrogen-bond acceptors (Lipinski definition) is 3. The van der Waals surface area contributed by atoms with Crippen LogP contribution < -0.4 is 14.8 Å². The highest BCUT2D eigenvalue weighted by Crippen LogP contribution is 2.25. The van der Waals surface area contributed by atoms with Crippen LogP contribution in [0.4, 0.5) is 0 Å². The Morgan fingerprint density at radius 3 is 2.32 bits per heavy atom. The average Bonchev–Trinajstić information content (AvgIpc) is 2.69. The minimum Gasteiger partial charge on any atom is -0.496 e. The fraction of sp³-hybridized carbons (Fsp3) is 0.217. The number of para-hydroxylation sites is 1. The molecule has 0 saturated carbocycles. The molecule has 0 radical (unpaired) electrons. The Labute approximate surface area is 181 Å². The summed E-state index contributed by atoms with van der Waals surface area (Å²) in [5.41, 5.74) is 4.67. The van der Waals surface area contributed by atoms with E-state index in [4.69, 9.17) is 9.47 Å². The van der Waals surface area contributed by atoms with Gasteiger partial charge in [-0.25, -0.2) is 0 Å². The molecule has 0 aliphatic carbocycles. The third-order valence-corrected chi connectivity index (χ3v) is 4.85. The van der Waals surface area contributed by atoms with Gasteiger partial charge in [0.15, 0.2) is 0 Å². The van der Waals surface area contributed by atoms with Crippen LogP contribution in [0.5, 0.6) is 11.5 Å². The van der Waals surface area contributed by atoms with Crippen molar-refractivity contribution in [2.24, 2.45) is 0 Å². The Morgan fingerprint density at radius 1 is 0.857 bits per heavy atom. The topological polar surface area (TPSA) is 30.5 Å². The summed E-state index contributed by atoms with van der Waals surface area (Å²) in [5, 5.41) is 3.49. The predicted octanol–water partition coefficient (Wildman–Crippen LogP) is 6.06. The zero-order chi connectivity index (χ0) is 19.1. The van der Waals surface area contributed by atoms with Gasteiger partial charge in [-0.15, -0.1) is 12.4 Å². The Hall–Kier alpha value is -2.01. The van der Waals surface area contributed by atoms with Crippen molar-refractivity contribution in [1.29, 1.82) is 0 Å². The second-order valence-electron chi connectivity index (χ2n) is 6.44. The molecule has 0 amide bonds. The first-order valence-corrected chi connectivity index (χ1v) is 9.74. The molecular weight excluding hydrogens is 438 g/mol. The molecule has 3 nitrogen and oxygen atoms in total. The molecule has 0 aliphatic rings. The number of hydrogen-bond donors (Lipinski definition) is 1. The maximum atomic E-state index is 6.08. The molecular formula is C23H25BrClNO2. The fourth-order valence-electron chi connectivity index (χ4n) is 2.85. The van der Waals surface area contributed by atoms with E-state index in [1.165, 1.54) is 5.56 Å². The summed E-state index contributed by atoms with van der Waals surface area (Å²) in [4.78, 5) is 0. The minimum absolute atomic E-state index is 0. The number of nitrogens with one attached hydrogen (secondary N) is 1. The van der Waals surface area contributed by atoms with E-state index in [-0.39, 0.29) is 12.4 Å². The first-order valence-electron chi connectivity index (χ1n) is 8.95. The van der Waals surface area contributed by atoms with Crippen LogP contribution in [0.3, 0.4) is 0 Å². The van der Waals surface area contributed by atoms with E-state index in [0.29, 0.717) is 13.2 Å². The Kier molecular flexibility index (Phi) is 8.84. The molecule has 0 aliphatic heterocycles. The van der Waals surface area contributed by atoms with Crippen LogP contribution in [-0.2, 0) is 19.7 Å². The summed E-state index contributed by atoms with van der Waals surface area (Å²) in [6.45, 7) is 4.08. The molecule has 0 heterocycles. The van der Waals surface area contributed by atoms with Gasteiger partial charge in [0, 0.05) is 28.7 Å². The van der Waals surface area contributed by atoms with Crippen LogP contribution in [0, 0.1) is 6.92 Å². The molecule has 0 spiro atoms. The smallest absolute Gasteiger partial charge is 0.124 e. The van der Waals surface area contributed by atoms with Gasteiger partial charge in [-0.3, -0.25) is 0 Å². The third-order valence-electron chi connectivity index (χ3n) is 4.36. The number of methoxy groups -OCH3 is 1. The zero-order valence-corrected chi connectivity index (χ0v) is 18.5. The van der Waals surface area contributed by atoms with Gasteiger partial charge in [0.25, 0.3) is 0 Å². The Bertz CT molecular complexity index is 884. The van der Waals surface area contributed by atoms with E-state index < -0.39 is 0 Å². The van der Waals surface area contributed by atoms with Crippen LogP contribution in [-0.4, -0.2) is 7.11 Å².